The van der Waals surface area contributed by atoms with Crippen LogP contribution in [0.3, 0.4) is 0 Å². The normalized spacial score (nSPS) is 15.5. The van der Waals surface area contributed by atoms with Gasteiger partial charge in [0.1, 0.15) is 6.04 Å². The number of nitro benzene ring substituents is 1. The number of fused-ring (bicyclic) bond motifs is 1. The van der Waals surface area contributed by atoms with Gasteiger partial charge in [0.2, 0.25) is 5.95 Å². The average molecular weight is 377 g/mol. The van der Waals surface area contributed by atoms with E-state index in [1.165, 1.54) is 16.8 Å². The van der Waals surface area contributed by atoms with E-state index in [4.69, 9.17) is 0 Å². The van der Waals surface area contributed by atoms with E-state index in [0.29, 0.717) is 28.5 Å². The van der Waals surface area contributed by atoms with Gasteiger partial charge in [0.05, 0.1) is 10.5 Å². The van der Waals surface area contributed by atoms with Gasteiger partial charge in [0.15, 0.2) is 0 Å². The van der Waals surface area contributed by atoms with Gasteiger partial charge in [-0.2, -0.15) is 4.68 Å². The van der Waals surface area contributed by atoms with Crippen LogP contribution < -0.4 is 10.6 Å². The Morgan fingerprint density at radius 1 is 1.21 bits per heavy atom. The van der Waals surface area contributed by atoms with Crippen molar-refractivity contribution in [1.82, 2.24) is 20.2 Å². The number of allylic oxidation sites excluding steroid dienone is 1. The summed E-state index contributed by atoms with van der Waals surface area (Å²) in [4.78, 5) is 23.8. The van der Waals surface area contributed by atoms with Crippen LogP contribution in [0.1, 0.15) is 18.5 Å². The van der Waals surface area contributed by atoms with Crippen molar-refractivity contribution >= 4 is 23.2 Å². The zero-order chi connectivity index (χ0) is 19.7. The van der Waals surface area contributed by atoms with E-state index in [-0.39, 0.29) is 11.6 Å². The molecule has 0 radical (unpaired) electrons. The first-order valence-corrected chi connectivity index (χ1v) is 8.41. The molecule has 1 aliphatic rings. The molecule has 0 saturated carbocycles. The number of rotatable bonds is 4. The summed E-state index contributed by atoms with van der Waals surface area (Å²) in [6.45, 7) is 1.74. The Balaban J connectivity index is 1.80. The maximum Gasteiger partial charge on any atom is 0.269 e. The summed E-state index contributed by atoms with van der Waals surface area (Å²) in [5.74, 6) is -0.000812. The summed E-state index contributed by atoms with van der Waals surface area (Å²) in [6, 6.07) is 14.4. The second-order valence-electron chi connectivity index (χ2n) is 6.19. The number of hydrogen-bond acceptors (Lipinski definition) is 7. The zero-order valence-corrected chi connectivity index (χ0v) is 14.7. The number of tetrazole rings is 1. The lowest BCUT2D eigenvalue weighted by atomic mass is 9.94. The van der Waals surface area contributed by atoms with Crippen LogP contribution in [0, 0.1) is 10.1 Å². The number of non-ortho nitro benzene ring substituents is 1. The third kappa shape index (κ3) is 3.07. The summed E-state index contributed by atoms with van der Waals surface area (Å²) >= 11 is 0. The molecule has 28 heavy (non-hydrogen) atoms. The number of benzene rings is 2. The first-order valence-electron chi connectivity index (χ1n) is 8.41. The number of carbonyl (C=O) groups is 1. The largest absolute Gasteiger partial charge is 0.326 e. The molecule has 3 aromatic rings. The third-order valence-corrected chi connectivity index (χ3v) is 4.39. The molecule has 1 aromatic heterocycles. The molecule has 1 atom stereocenters. The Kier molecular flexibility index (Phi) is 4.28. The number of anilines is 2. The predicted molar refractivity (Wildman–Crippen MR) is 100 cm³/mol. The van der Waals surface area contributed by atoms with Gasteiger partial charge in [-0.15, -0.1) is 0 Å². The van der Waals surface area contributed by atoms with Crippen LogP contribution in [0.2, 0.25) is 0 Å². The number of nitrogens with zero attached hydrogens (tertiary/aromatic N) is 5. The minimum absolute atomic E-state index is 0.0777. The number of hydrogen-bond donors (Lipinski definition) is 2. The van der Waals surface area contributed by atoms with Crippen LogP contribution in [-0.2, 0) is 4.79 Å². The van der Waals surface area contributed by atoms with E-state index >= 15 is 0 Å². The molecule has 2 N–H and O–H groups in total. The molecule has 0 saturated heterocycles. The third-order valence-electron chi connectivity index (χ3n) is 4.39. The van der Waals surface area contributed by atoms with Gasteiger partial charge in [-0.3, -0.25) is 14.9 Å². The number of carbonyl (C=O) groups excluding carboxylic acids is 1. The van der Waals surface area contributed by atoms with Gasteiger partial charge in [0.25, 0.3) is 11.6 Å². The molecule has 1 aliphatic heterocycles. The molecule has 0 spiro atoms. The number of amides is 1. The fourth-order valence-corrected chi connectivity index (χ4v) is 3.14. The van der Waals surface area contributed by atoms with Crippen molar-refractivity contribution in [3.63, 3.8) is 0 Å². The Morgan fingerprint density at radius 2 is 2.00 bits per heavy atom. The van der Waals surface area contributed by atoms with Crippen LogP contribution in [0.25, 0.3) is 0 Å². The first kappa shape index (κ1) is 17.3. The second kappa shape index (κ2) is 6.91. The minimum atomic E-state index is -0.713. The summed E-state index contributed by atoms with van der Waals surface area (Å²) < 4.78 is 1.44. The zero-order valence-electron chi connectivity index (χ0n) is 14.7. The van der Waals surface area contributed by atoms with Crippen LogP contribution in [0.15, 0.2) is 65.9 Å². The van der Waals surface area contributed by atoms with Crippen LogP contribution in [0.4, 0.5) is 17.3 Å². The topological polar surface area (TPSA) is 128 Å². The molecule has 2 heterocycles. The molecule has 4 rings (SSSR count). The highest BCUT2D eigenvalue weighted by atomic mass is 16.6. The highest BCUT2D eigenvalue weighted by molar-refractivity contribution is 6.06. The van der Waals surface area contributed by atoms with Crippen LogP contribution >= 0.6 is 0 Å². The van der Waals surface area contributed by atoms with Crippen LogP contribution in [0.5, 0.6) is 0 Å². The van der Waals surface area contributed by atoms with Crippen molar-refractivity contribution in [2.24, 2.45) is 0 Å². The van der Waals surface area contributed by atoms with E-state index in [0.717, 1.165) is 0 Å². The molecule has 1 unspecified atom stereocenters. The fraction of sp³-hybridized carbons (Fsp3) is 0.111. The van der Waals surface area contributed by atoms with E-state index in [9.17, 15) is 14.9 Å². The lowest BCUT2D eigenvalue weighted by Crippen LogP contribution is -2.31. The van der Waals surface area contributed by atoms with Gasteiger partial charge in [-0.25, -0.2) is 0 Å². The highest BCUT2D eigenvalue weighted by Gasteiger charge is 2.34. The summed E-state index contributed by atoms with van der Waals surface area (Å²) in [5.41, 5.74) is 2.01. The van der Waals surface area contributed by atoms with E-state index < -0.39 is 11.0 Å². The van der Waals surface area contributed by atoms with Crippen molar-refractivity contribution in [1.29, 1.82) is 0 Å². The van der Waals surface area contributed by atoms with Gasteiger partial charge in [-0.1, -0.05) is 35.4 Å². The monoisotopic (exact) mass is 377 g/mol. The molecule has 2 aromatic carbocycles. The first-order chi connectivity index (χ1) is 13.5. The van der Waals surface area contributed by atoms with E-state index in [2.05, 4.69) is 26.2 Å². The molecule has 10 nitrogen and oxygen atoms in total. The summed E-state index contributed by atoms with van der Waals surface area (Å²) in [6.07, 6.45) is 0. The highest BCUT2D eigenvalue weighted by Crippen LogP contribution is 2.35. The maximum absolute atomic E-state index is 13.1. The molecule has 140 valence electrons. The standard InChI is InChI=1S/C18H15N7O3/c1-11-15(17(26)20-13-7-3-2-4-8-13)16(24-18(19-11)21-22-23-24)12-6-5-9-14(10-12)25(27)28/h2-10,16H,1H3,(H,20,26)(H,19,21,23). The lowest BCUT2D eigenvalue weighted by molar-refractivity contribution is -0.384. The van der Waals surface area contributed by atoms with Crippen molar-refractivity contribution in [3.8, 4) is 0 Å². The Hall–Kier alpha value is -4.08. The van der Waals surface area contributed by atoms with Gasteiger partial charge in [-0.05, 0) is 35.0 Å². The summed E-state index contributed by atoms with van der Waals surface area (Å²) in [5, 5.41) is 28.6. The quantitative estimate of drug-likeness (QED) is 0.528. The Labute approximate surface area is 159 Å². The predicted octanol–water partition coefficient (Wildman–Crippen LogP) is 2.51. The number of nitrogens with one attached hydrogen (secondary N) is 2. The van der Waals surface area contributed by atoms with Gasteiger partial charge in [0, 0.05) is 23.5 Å². The molecule has 1 amide bonds. The Bertz CT molecular complexity index is 1090. The second-order valence-corrected chi connectivity index (χ2v) is 6.19. The van der Waals surface area contributed by atoms with Crippen molar-refractivity contribution in [2.45, 2.75) is 13.0 Å². The van der Waals surface area contributed by atoms with Gasteiger partial charge >= 0.3 is 0 Å². The molecule has 10 heteroatoms. The minimum Gasteiger partial charge on any atom is -0.326 e. The lowest BCUT2D eigenvalue weighted by Gasteiger charge is -2.27. The maximum atomic E-state index is 13.1. The molecule has 0 bridgehead atoms. The molecular formula is C18H15N7O3. The molecular weight excluding hydrogens is 362 g/mol. The van der Waals surface area contributed by atoms with Crippen molar-refractivity contribution < 1.29 is 9.72 Å². The smallest absolute Gasteiger partial charge is 0.269 e. The molecule has 0 fully saturated rings. The Morgan fingerprint density at radius 3 is 2.75 bits per heavy atom. The number of para-hydroxylation sites is 1. The fourth-order valence-electron chi connectivity index (χ4n) is 3.14. The van der Waals surface area contributed by atoms with Gasteiger partial charge < -0.3 is 10.6 Å². The SMILES string of the molecule is CC1=C(C(=O)Nc2ccccc2)C(c2cccc([N+](=O)[O-])c2)n2nnnc2N1. The number of aromatic nitrogens is 4. The van der Waals surface area contributed by atoms with Crippen molar-refractivity contribution in [3.05, 3.63) is 81.5 Å². The van der Waals surface area contributed by atoms with E-state index in [1.807, 2.05) is 18.2 Å². The van der Waals surface area contributed by atoms with Crippen LogP contribution in [-0.4, -0.2) is 31.0 Å². The number of nitro groups is 1. The molecule has 0 aliphatic carbocycles. The summed E-state index contributed by atoms with van der Waals surface area (Å²) in [7, 11) is 0. The van der Waals surface area contributed by atoms with Crippen molar-refractivity contribution in [2.75, 3.05) is 10.6 Å². The average Bonchev–Trinajstić information content (AvgIpc) is 3.15. The van der Waals surface area contributed by atoms with E-state index in [1.54, 1.807) is 31.2 Å².